The second kappa shape index (κ2) is 5.80. The first kappa shape index (κ1) is 12.8. The molecule has 0 spiro atoms. The van der Waals surface area contributed by atoms with Gasteiger partial charge in [0.1, 0.15) is 0 Å². The lowest BCUT2D eigenvalue weighted by Gasteiger charge is -2.07. The minimum absolute atomic E-state index is 0.118. The predicted octanol–water partition coefficient (Wildman–Crippen LogP) is 3.29. The van der Waals surface area contributed by atoms with Gasteiger partial charge in [-0.05, 0) is 50.7 Å². The number of benzene rings is 1. The SMILES string of the molecule is CCC1CCCC1=NNC(=O)c1cccc(C)c1. The number of hydrogen-bond acceptors (Lipinski definition) is 2. The summed E-state index contributed by atoms with van der Waals surface area (Å²) < 4.78 is 0. The van der Waals surface area contributed by atoms with E-state index in [-0.39, 0.29) is 5.91 Å². The highest BCUT2D eigenvalue weighted by Crippen LogP contribution is 2.24. The van der Waals surface area contributed by atoms with E-state index < -0.39 is 0 Å². The highest BCUT2D eigenvalue weighted by molar-refractivity contribution is 5.96. The molecule has 1 unspecified atom stereocenters. The molecule has 0 saturated heterocycles. The van der Waals surface area contributed by atoms with Crippen molar-refractivity contribution in [3.63, 3.8) is 0 Å². The average Bonchev–Trinajstić information content (AvgIpc) is 2.83. The van der Waals surface area contributed by atoms with Gasteiger partial charge < -0.3 is 0 Å². The number of amides is 1. The summed E-state index contributed by atoms with van der Waals surface area (Å²) >= 11 is 0. The van der Waals surface area contributed by atoms with Gasteiger partial charge in [0.2, 0.25) is 0 Å². The van der Waals surface area contributed by atoms with E-state index in [9.17, 15) is 4.79 Å². The fourth-order valence-electron chi connectivity index (χ4n) is 2.46. The fraction of sp³-hybridized carbons (Fsp3) is 0.467. The van der Waals surface area contributed by atoms with Gasteiger partial charge in [0.15, 0.2) is 0 Å². The molecule has 3 nitrogen and oxygen atoms in total. The van der Waals surface area contributed by atoms with Crippen molar-refractivity contribution in [1.29, 1.82) is 0 Å². The molecule has 1 atom stereocenters. The minimum atomic E-state index is -0.118. The molecule has 0 aliphatic heterocycles. The van der Waals surface area contributed by atoms with Crippen LogP contribution >= 0.6 is 0 Å². The zero-order valence-corrected chi connectivity index (χ0v) is 11.1. The summed E-state index contributed by atoms with van der Waals surface area (Å²) in [6.07, 6.45) is 4.53. The van der Waals surface area contributed by atoms with E-state index in [4.69, 9.17) is 0 Å². The number of carbonyl (C=O) groups excluding carboxylic acids is 1. The van der Waals surface area contributed by atoms with Crippen molar-refractivity contribution in [3.8, 4) is 0 Å². The Morgan fingerprint density at radius 1 is 1.50 bits per heavy atom. The monoisotopic (exact) mass is 244 g/mol. The summed E-state index contributed by atoms with van der Waals surface area (Å²) in [5.41, 5.74) is 5.59. The first-order valence-electron chi connectivity index (χ1n) is 6.64. The molecule has 1 aromatic carbocycles. The van der Waals surface area contributed by atoms with Gasteiger partial charge >= 0.3 is 0 Å². The second-order valence-electron chi connectivity index (χ2n) is 4.91. The molecule has 0 radical (unpaired) electrons. The summed E-state index contributed by atoms with van der Waals surface area (Å²) in [4.78, 5) is 11.9. The number of carbonyl (C=O) groups is 1. The Bertz CT molecular complexity index is 465. The average molecular weight is 244 g/mol. The normalized spacial score (nSPS) is 21.2. The van der Waals surface area contributed by atoms with Crippen molar-refractivity contribution in [2.45, 2.75) is 39.5 Å². The number of nitrogens with one attached hydrogen (secondary N) is 1. The Labute approximate surface area is 108 Å². The van der Waals surface area contributed by atoms with Crippen LogP contribution in [-0.2, 0) is 0 Å². The molecule has 0 heterocycles. The van der Waals surface area contributed by atoms with Gasteiger partial charge in [0, 0.05) is 11.3 Å². The van der Waals surface area contributed by atoms with Gasteiger partial charge in [-0.15, -0.1) is 0 Å². The lowest BCUT2D eigenvalue weighted by Crippen LogP contribution is -2.21. The van der Waals surface area contributed by atoms with E-state index in [2.05, 4.69) is 17.5 Å². The summed E-state index contributed by atoms with van der Waals surface area (Å²) in [6.45, 7) is 4.15. The molecule has 1 aliphatic carbocycles. The number of hydrogen-bond donors (Lipinski definition) is 1. The molecule has 1 saturated carbocycles. The smallest absolute Gasteiger partial charge is 0.267 e. The predicted molar refractivity (Wildman–Crippen MR) is 73.7 cm³/mol. The Kier molecular flexibility index (Phi) is 4.13. The molecule has 96 valence electrons. The van der Waals surface area contributed by atoms with E-state index in [0.717, 1.165) is 24.1 Å². The van der Waals surface area contributed by atoms with Gasteiger partial charge in [0.25, 0.3) is 5.91 Å². The number of rotatable bonds is 3. The van der Waals surface area contributed by atoms with Gasteiger partial charge in [-0.3, -0.25) is 4.79 Å². The second-order valence-corrected chi connectivity index (χ2v) is 4.91. The van der Waals surface area contributed by atoms with Crippen molar-refractivity contribution in [2.75, 3.05) is 0 Å². The summed E-state index contributed by atoms with van der Waals surface area (Å²) in [6, 6.07) is 7.56. The standard InChI is InChI=1S/C15H20N2O/c1-3-12-7-5-9-14(12)16-17-15(18)13-8-4-6-11(2)10-13/h4,6,8,10,12H,3,5,7,9H2,1-2H3,(H,17,18). The molecule has 3 heteroatoms. The van der Waals surface area contributed by atoms with E-state index >= 15 is 0 Å². The first-order chi connectivity index (χ1) is 8.70. The molecule has 1 N–H and O–H groups in total. The number of nitrogens with zero attached hydrogens (tertiary/aromatic N) is 1. The minimum Gasteiger partial charge on any atom is -0.267 e. The highest BCUT2D eigenvalue weighted by Gasteiger charge is 2.21. The van der Waals surface area contributed by atoms with Crippen LogP contribution in [-0.4, -0.2) is 11.6 Å². The molecular weight excluding hydrogens is 224 g/mol. The molecule has 18 heavy (non-hydrogen) atoms. The third-order valence-corrected chi connectivity index (χ3v) is 3.53. The van der Waals surface area contributed by atoms with Gasteiger partial charge in [-0.25, -0.2) is 5.43 Å². The summed E-state index contributed by atoms with van der Waals surface area (Å²) in [7, 11) is 0. The van der Waals surface area contributed by atoms with Crippen LogP contribution in [0.1, 0.15) is 48.5 Å². The van der Waals surface area contributed by atoms with Crippen LogP contribution in [0.5, 0.6) is 0 Å². The molecule has 1 aromatic rings. The molecular formula is C15H20N2O. The molecule has 0 aromatic heterocycles. The van der Waals surface area contributed by atoms with Crippen molar-refractivity contribution < 1.29 is 4.79 Å². The fourth-order valence-corrected chi connectivity index (χ4v) is 2.46. The van der Waals surface area contributed by atoms with E-state index in [1.165, 1.54) is 12.8 Å². The Morgan fingerprint density at radius 3 is 3.06 bits per heavy atom. The van der Waals surface area contributed by atoms with Crippen molar-refractivity contribution in [2.24, 2.45) is 11.0 Å². The van der Waals surface area contributed by atoms with Crippen molar-refractivity contribution >= 4 is 11.6 Å². The van der Waals surface area contributed by atoms with E-state index in [1.54, 1.807) is 0 Å². The van der Waals surface area contributed by atoms with Gasteiger partial charge in [0.05, 0.1) is 0 Å². The maximum absolute atomic E-state index is 11.9. The van der Waals surface area contributed by atoms with E-state index in [0.29, 0.717) is 11.5 Å². The molecule has 1 fully saturated rings. The van der Waals surface area contributed by atoms with Gasteiger partial charge in [-0.1, -0.05) is 24.6 Å². The summed E-state index contributed by atoms with van der Waals surface area (Å²) in [5, 5.41) is 4.30. The zero-order chi connectivity index (χ0) is 13.0. The van der Waals surface area contributed by atoms with Crippen LogP contribution in [0.3, 0.4) is 0 Å². The highest BCUT2D eigenvalue weighted by atomic mass is 16.2. The van der Waals surface area contributed by atoms with Crippen molar-refractivity contribution in [1.82, 2.24) is 5.43 Å². The molecule has 1 aliphatic rings. The third kappa shape index (κ3) is 2.97. The third-order valence-electron chi connectivity index (χ3n) is 3.53. The number of hydrazone groups is 1. The van der Waals surface area contributed by atoms with E-state index in [1.807, 2.05) is 31.2 Å². The maximum atomic E-state index is 11.9. The first-order valence-corrected chi connectivity index (χ1v) is 6.64. The van der Waals surface area contributed by atoms with Crippen LogP contribution in [0, 0.1) is 12.8 Å². The molecule has 0 bridgehead atoms. The van der Waals surface area contributed by atoms with Crippen LogP contribution in [0.2, 0.25) is 0 Å². The Morgan fingerprint density at radius 2 is 2.33 bits per heavy atom. The van der Waals surface area contributed by atoms with Gasteiger partial charge in [-0.2, -0.15) is 5.10 Å². The lowest BCUT2D eigenvalue weighted by atomic mass is 10.0. The number of aryl methyl sites for hydroxylation is 1. The largest absolute Gasteiger partial charge is 0.271 e. The maximum Gasteiger partial charge on any atom is 0.271 e. The Hall–Kier alpha value is -1.64. The molecule has 1 amide bonds. The Balaban J connectivity index is 2.02. The lowest BCUT2D eigenvalue weighted by molar-refractivity contribution is 0.0954. The zero-order valence-electron chi connectivity index (χ0n) is 11.1. The quantitative estimate of drug-likeness (QED) is 0.814. The van der Waals surface area contributed by atoms with Crippen molar-refractivity contribution in [3.05, 3.63) is 35.4 Å². The summed E-state index contributed by atoms with van der Waals surface area (Å²) in [5.74, 6) is 0.441. The van der Waals surface area contributed by atoms with Crippen LogP contribution < -0.4 is 5.43 Å². The molecule has 2 rings (SSSR count). The van der Waals surface area contributed by atoms with Crippen LogP contribution in [0.4, 0.5) is 0 Å². The topological polar surface area (TPSA) is 41.5 Å². The van der Waals surface area contributed by atoms with Crippen LogP contribution in [0.15, 0.2) is 29.4 Å². The van der Waals surface area contributed by atoms with Crippen LogP contribution in [0.25, 0.3) is 0 Å².